The summed E-state index contributed by atoms with van der Waals surface area (Å²) in [7, 11) is 0. The third kappa shape index (κ3) is 5.70. The first-order chi connectivity index (χ1) is 19.1. The molecule has 0 bridgehead atoms. The van der Waals surface area contributed by atoms with Crippen LogP contribution < -0.4 is 10.6 Å². The number of hydrogen-bond acceptors (Lipinski definition) is 6. The van der Waals surface area contributed by atoms with Crippen molar-refractivity contribution in [3.8, 4) is 6.07 Å². The van der Waals surface area contributed by atoms with E-state index in [0.717, 1.165) is 12.8 Å². The second-order valence-corrected chi connectivity index (χ2v) is 11.6. The topological polar surface area (TPSA) is 115 Å². The van der Waals surface area contributed by atoms with Crippen molar-refractivity contribution in [1.29, 1.82) is 5.26 Å². The van der Waals surface area contributed by atoms with Gasteiger partial charge < -0.3 is 20.3 Å². The van der Waals surface area contributed by atoms with E-state index in [9.17, 15) is 37.2 Å². The Balaban J connectivity index is 1.34. The van der Waals surface area contributed by atoms with Crippen molar-refractivity contribution in [2.75, 3.05) is 39.4 Å². The van der Waals surface area contributed by atoms with Crippen LogP contribution in [0.5, 0.6) is 0 Å². The lowest BCUT2D eigenvalue weighted by atomic mass is 9.70. The van der Waals surface area contributed by atoms with Gasteiger partial charge in [0, 0.05) is 56.1 Å². The lowest BCUT2D eigenvalue weighted by molar-refractivity contribution is -0.209. The van der Waals surface area contributed by atoms with Crippen molar-refractivity contribution in [2.45, 2.75) is 69.2 Å². The molecule has 2 saturated heterocycles. The van der Waals surface area contributed by atoms with Crippen LogP contribution in [0.4, 0.5) is 17.6 Å². The monoisotopic (exact) mass is 569 g/mol. The summed E-state index contributed by atoms with van der Waals surface area (Å²) in [4.78, 5) is 42.1. The maximum Gasteiger partial charge on any atom is 0.393 e. The van der Waals surface area contributed by atoms with Crippen molar-refractivity contribution < 1.29 is 36.7 Å². The average molecular weight is 570 g/mol. The molecule has 2 aliphatic carbocycles. The number of nitrogens with zero attached hydrogens (tertiary/aromatic N) is 3. The van der Waals surface area contributed by atoms with Crippen molar-refractivity contribution in [2.24, 2.45) is 23.7 Å². The smallest absolute Gasteiger partial charge is 0.378 e. The minimum atomic E-state index is -4.62. The summed E-state index contributed by atoms with van der Waals surface area (Å²) in [6, 6.07) is -0.0942. The van der Waals surface area contributed by atoms with Crippen molar-refractivity contribution >= 4 is 17.7 Å². The van der Waals surface area contributed by atoms with Gasteiger partial charge in [0.05, 0.1) is 36.7 Å². The Kier molecular flexibility index (Phi) is 8.38. The highest BCUT2D eigenvalue weighted by atomic mass is 19.4. The number of likely N-dealkylation sites (tertiary alicyclic amines) is 1. The second kappa shape index (κ2) is 11.6. The number of halogens is 4. The molecule has 3 heterocycles. The Morgan fingerprint density at radius 3 is 2.50 bits per heavy atom. The molecule has 7 atom stereocenters. The number of hydrogen-bond donors (Lipinski definition) is 2. The van der Waals surface area contributed by atoms with E-state index in [2.05, 4.69) is 10.6 Å². The van der Waals surface area contributed by atoms with Gasteiger partial charge in [0.25, 0.3) is 11.8 Å². The van der Waals surface area contributed by atoms with Gasteiger partial charge in [0.1, 0.15) is 0 Å². The standard InChI is InChI=1S/C27H35F4N5O4/c28-22-21(17-3-1-2-4-20(17)34-25(22)38)24(37)33-16-5-6-36(14-16)23-18(26(39)35-7-9-40-10-8-35)11-15(13-32)12-19(23)27(29,30)31/h15-20,23H,1-12,14H2,(H,33,37)(H,34,38)/t15?,16-,17?,18?,19?,20?,23?/m1/s1. The van der Waals surface area contributed by atoms with E-state index in [0.29, 0.717) is 32.5 Å². The fourth-order valence-electron chi connectivity index (χ4n) is 7.35. The van der Waals surface area contributed by atoms with Crippen LogP contribution in [0.1, 0.15) is 44.9 Å². The van der Waals surface area contributed by atoms with E-state index in [4.69, 9.17) is 4.74 Å². The van der Waals surface area contributed by atoms with Gasteiger partial charge >= 0.3 is 6.18 Å². The lowest BCUT2D eigenvalue weighted by Gasteiger charge is -2.46. The van der Waals surface area contributed by atoms with Crippen molar-refractivity contribution in [3.63, 3.8) is 0 Å². The first-order valence-electron chi connectivity index (χ1n) is 14.2. The van der Waals surface area contributed by atoms with Gasteiger partial charge in [-0.15, -0.1) is 0 Å². The molecule has 6 unspecified atom stereocenters. The molecule has 0 radical (unpaired) electrons. The zero-order chi connectivity index (χ0) is 28.6. The Morgan fingerprint density at radius 2 is 1.80 bits per heavy atom. The predicted molar refractivity (Wildman–Crippen MR) is 133 cm³/mol. The Bertz CT molecular complexity index is 1090. The molecular weight excluding hydrogens is 534 g/mol. The predicted octanol–water partition coefficient (Wildman–Crippen LogP) is 2.04. The number of nitrogens with one attached hydrogen (secondary N) is 2. The quantitative estimate of drug-likeness (QED) is 0.501. The summed E-state index contributed by atoms with van der Waals surface area (Å²) in [5.74, 6) is -7.34. The molecule has 3 amide bonds. The molecule has 13 heteroatoms. The zero-order valence-electron chi connectivity index (χ0n) is 22.2. The number of nitriles is 1. The third-order valence-corrected chi connectivity index (χ3v) is 9.25. The summed E-state index contributed by atoms with van der Waals surface area (Å²) in [5, 5.41) is 14.9. The van der Waals surface area contributed by atoms with E-state index < -0.39 is 65.5 Å². The van der Waals surface area contributed by atoms with Crippen LogP contribution in [-0.2, 0) is 19.1 Å². The van der Waals surface area contributed by atoms with E-state index in [1.165, 1.54) is 4.90 Å². The zero-order valence-corrected chi connectivity index (χ0v) is 22.2. The fourth-order valence-corrected chi connectivity index (χ4v) is 7.35. The Morgan fingerprint density at radius 1 is 1.07 bits per heavy atom. The van der Waals surface area contributed by atoms with Crippen LogP contribution in [-0.4, -0.2) is 91.2 Å². The van der Waals surface area contributed by atoms with Crippen molar-refractivity contribution in [1.82, 2.24) is 20.4 Å². The summed E-state index contributed by atoms with van der Waals surface area (Å²) < 4.78 is 63.3. The van der Waals surface area contributed by atoms with Gasteiger partial charge in [0.15, 0.2) is 5.83 Å². The maximum atomic E-state index is 14.9. The third-order valence-electron chi connectivity index (χ3n) is 9.25. The summed E-state index contributed by atoms with van der Waals surface area (Å²) in [5.41, 5.74) is -0.171. The molecule has 0 aromatic carbocycles. The van der Waals surface area contributed by atoms with Crippen LogP contribution in [0.15, 0.2) is 11.4 Å². The van der Waals surface area contributed by atoms with Crippen LogP contribution in [0.25, 0.3) is 0 Å². The maximum absolute atomic E-state index is 14.9. The second-order valence-electron chi connectivity index (χ2n) is 11.6. The highest BCUT2D eigenvalue weighted by Gasteiger charge is 2.56. The first-order valence-corrected chi connectivity index (χ1v) is 14.2. The summed E-state index contributed by atoms with van der Waals surface area (Å²) in [6.07, 6.45) is -1.75. The number of fused-ring (bicyclic) bond motifs is 1. The van der Waals surface area contributed by atoms with Gasteiger partial charge in [-0.1, -0.05) is 12.8 Å². The Labute approximate surface area is 230 Å². The minimum Gasteiger partial charge on any atom is -0.378 e. The first kappa shape index (κ1) is 28.8. The van der Waals surface area contributed by atoms with Crippen LogP contribution in [0, 0.1) is 35.0 Å². The molecule has 3 aliphatic heterocycles. The van der Waals surface area contributed by atoms with E-state index in [1.807, 2.05) is 6.07 Å². The SMILES string of the molecule is N#CC1CC(C(=O)N2CCOCC2)C(N2CC[C@@H](NC(=O)C3=C(F)C(=O)NC4CCCCC34)C2)C(C(F)(F)F)C1. The summed E-state index contributed by atoms with van der Waals surface area (Å²) in [6.45, 7) is 1.44. The highest BCUT2D eigenvalue weighted by Crippen LogP contribution is 2.46. The molecule has 0 aromatic heterocycles. The van der Waals surface area contributed by atoms with Crippen molar-refractivity contribution in [3.05, 3.63) is 11.4 Å². The molecule has 2 N–H and O–H groups in total. The molecule has 220 valence electrons. The van der Waals surface area contributed by atoms with Gasteiger partial charge in [-0.2, -0.15) is 18.4 Å². The Hall–Kier alpha value is -2.72. The van der Waals surface area contributed by atoms with Crippen LogP contribution >= 0.6 is 0 Å². The molecule has 40 heavy (non-hydrogen) atoms. The minimum absolute atomic E-state index is 0.0355. The fraction of sp³-hybridized carbons (Fsp3) is 0.778. The molecule has 2 saturated carbocycles. The van der Waals surface area contributed by atoms with Gasteiger partial charge in [0.2, 0.25) is 5.91 Å². The molecule has 4 fully saturated rings. The number of carbonyl (C=O) groups is 3. The molecule has 9 nitrogen and oxygen atoms in total. The normalized spacial score (nSPS) is 35.5. The lowest BCUT2D eigenvalue weighted by Crippen LogP contribution is -2.58. The average Bonchev–Trinajstić information content (AvgIpc) is 3.40. The largest absolute Gasteiger partial charge is 0.393 e. The number of morpholine rings is 1. The summed E-state index contributed by atoms with van der Waals surface area (Å²) >= 11 is 0. The highest BCUT2D eigenvalue weighted by molar-refractivity contribution is 6.05. The number of carbonyl (C=O) groups excluding carboxylic acids is 3. The molecular formula is C27H35F4N5O4. The molecule has 5 rings (SSSR count). The van der Waals surface area contributed by atoms with Gasteiger partial charge in [-0.05, 0) is 32.1 Å². The van der Waals surface area contributed by atoms with E-state index in [1.54, 1.807) is 4.90 Å². The van der Waals surface area contributed by atoms with Gasteiger partial charge in [-0.25, -0.2) is 4.39 Å². The number of amides is 3. The van der Waals surface area contributed by atoms with E-state index in [-0.39, 0.29) is 50.6 Å². The molecule has 0 spiro atoms. The number of alkyl halides is 3. The number of rotatable bonds is 4. The molecule has 5 aliphatic rings. The van der Waals surface area contributed by atoms with Crippen LogP contribution in [0.2, 0.25) is 0 Å². The van der Waals surface area contributed by atoms with E-state index >= 15 is 0 Å². The number of ether oxygens (including phenoxy) is 1. The van der Waals surface area contributed by atoms with Gasteiger partial charge in [-0.3, -0.25) is 19.3 Å². The molecule has 0 aromatic rings. The van der Waals surface area contributed by atoms with Crippen LogP contribution in [0.3, 0.4) is 0 Å².